The topological polar surface area (TPSA) is 57.8 Å². The van der Waals surface area contributed by atoms with Gasteiger partial charge in [0.1, 0.15) is 0 Å². The molecule has 1 aliphatic carbocycles. The maximum absolute atomic E-state index is 11.3. The Bertz CT molecular complexity index is 458. The lowest BCUT2D eigenvalue weighted by molar-refractivity contribution is 0.182. The predicted octanol–water partition coefficient (Wildman–Crippen LogP) is 2.03. The van der Waals surface area contributed by atoms with Gasteiger partial charge >= 0.3 is 0 Å². The molecule has 0 saturated heterocycles. The van der Waals surface area contributed by atoms with E-state index in [9.17, 15) is 4.79 Å². The van der Waals surface area contributed by atoms with Gasteiger partial charge in [0.05, 0.1) is 0 Å². The van der Waals surface area contributed by atoms with Gasteiger partial charge in [-0.3, -0.25) is 4.79 Å². The second-order valence-corrected chi connectivity index (χ2v) is 6.77. The van der Waals surface area contributed by atoms with Crippen LogP contribution in [0.2, 0.25) is 0 Å². The summed E-state index contributed by atoms with van der Waals surface area (Å²) in [5.74, 6) is 0. The molecule has 100 valence electrons. The number of nitrogens with zero attached hydrogens (tertiary/aromatic N) is 1. The Labute approximate surface area is 112 Å². The number of rotatable bonds is 3. The first kappa shape index (κ1) is 13.6. The van der Waals surface area contributed by atoms with Crippen LogP contribution in [0.25, 0.3) is 0 Å². The summed E-state index contributed by atoms with van der Waals surface area (Å²) in [4.78, 5) is 18.3. The predicted molar refractivity (Wildman–Crippen MR) is 75.0 cm³/mol. The summed E-state index contributed by atoms with van der Waals surface area (Å²) < 4.78 is 0. The summed E-state index contributed by atoms with van der Waals surface area (Å²) in [6.07, 6.45) is 5.22. The normalized spacial score (nSPS) is 27.1. The van der Waals surface area contributed by atoms with Gasteiger partial charge in [-0.05, 0) is 25.3 Å². The molecule has 2 rings (SSSR count). The lowest BCUT2D eigenvalue weighted by Crippen LogP contribution is -2.50. The minimum Gasteiger partial charge on any atom is -0.315 e. The van der Waals surface area contributed by atoms with Gasteiger partial charge < -0.3 is 10.3 Å². The zero-order valence-corrected chi connectivity index (χ0v) is 12.0. The number of nitrogens with one attached hydrogen (secondary N) is 2. The molecule has 0 bridgehead atoms. The fraction of sp³-hybridized carbons (Fsp3) is 0.692. The Balaban J connectivity index is 2.14. The largest absolute Gasteiger partial charge is 0.315 e. The summed E-state index contributed by atoms with van der Waals surface area (Å²) in [5.41, 5.74) is 0.211. The molecule has 2 unspecified atom stereocenters. The first-order valence-corrected chi connectivity index (χ1v) is 7.30. The van der Waals surface area contributed by atoms with Gasteiger partial charge in [-0.1, -0.05) is 32.0 Å². The molecular formula is C13H21N3OS. The lowest BCUT2D eigenvalue weighted by Gasteiger charge is -2.43. The minimum absolute atomic E-state index is 0.0800. The Morgan fingerprint density at radius 1 is 1.56 bits per heavy atom. The second kappa shape index (κ2) is 5.45. The quantitative estimate of drug-likeness (QED) is 0.823. The highest BCUT2D eigenvalue weighted by atomic mass is 32.2. The van der Waals surface area contributed by atoms with E-state index in [4.69, 9.17) is 0 Å². The standard InChI is InChI=1S/C13H21N3OS/c1-13(2)7-4-5-9(11(13)14-3)18-12-15-8-6-10(17)16-12/h6,8-9,11,14H,4-5,7H2,1-3H3,(H,15,16,17). The number of hydrogen-bond donors (Lipinski definition) is 2. The molecule has 4 nitrogen and oxygen atoms in total. The summed E-state index contributed by atoms with van der Waals surface area (Å²) in [7, 11) is 2.02. The smallest absolute Gasteiger partial charge is 0.251 e. The van der Waals surface area contributed by atoms with Crippen LogP contribution in [0.4, 0.5) is 0 Å². The van der Waals surface area contributed by atoms with Crippen molar-refractivity contribution in [2.24, 2.45) is 5.41 Å². The highest BCUT2D eigenvalue weighted by molar-refractivity contribution is 7.99. The molecular weight excluding hydrogens is 246 g/mol. The van der Waals surface area contributed by atoms with Gasteiger partial charge in [-0.2, -0.15) is 0 Å². The monoisotopic (exact) mass is 267 g/mol. The number of thioether (sulfide) groups is 1. The minimum atomic E-state index is -0.0800. The number of hydrogen-bond acceptors (Lipinski definition) is 4. The fourth-order valence-corrected chi connectivity index (χ4v) is 4.34. The molecule has 1 aliphatic rings. The summed E-state index contributed by atoms with van der Waals surface area (Å²) >= 11 is 1.68. The first-order chi connectivity index (χ1) is 8.53. The van der Waals surface area contributed by atoms with E-state index in [-0.39, 0.29) is 5.56 Å². The molecule has 2 atom stereocenters. The van der Waals surface area contributed by atoms with E-state index in [1.165, 1.54) is 18.9 Å². The van der Waals surface area contributed by atoms with Crippen LogP contribution in [0.1, 0.15) is 33.1 Å². The molecule has 0 amide bonds. The average molecular weight is 267 g/mol. The molecule has 1 aromatic rings. The first-order valence-electron chi connectivity index (χ1n) is 6.42. The molecule has 1 saturated carbocycles. The summed E-state index contributed by atoms with van der Waals surface area (Å²) in [6.45, 7) is 4.62. The van der Waals surface area contributed by atoms with Crippen LogP contribution in [0.5, 0.6) is 0 Å². The fourth-order valence-electron chi connectivity index (χ4n) is 2.84. The van der Waals surface area contributed by atoms with Crippen molar-refractivity contribution < 1.29 is 0 Å². The molecule has 1 fully saturated rings. The highest BCUT2D eigenvalue weighted by Crippen LogP contribution is 2.41. The Morgan fingerprint density at radius 2 is 2.33 bits per heavy atom. The van der Waals surface area contributed by atoms with Gasteiger partial charge in [0.25, 0.3) is 5.56 Å². The van der Waals surface area contributed by atoms with Crippen molar-refractivity contribution in [3.8, 4) is 0 Å². The Hall–Kier alpha value is -0.810. The van der Waals surface area contributed by atoms with Crippen molar-refractivity contribution >= 4 is 11.8 Å². The van der Waals surface area contributed by atoms with Crippen molar-refractivity contribution in [1.29, 1.82) is 0 Å². The van der Waals surface area contributed by atoms with Crippen LogP contribution in [0, 0.1) is 5.41 Å². The van der Waals surface area contributed by atoms with Crippen LogP contribution in [-0.4, -0.2) is 28.3 Å². The molecule has 0 spiro atoms. The molecule has 0 aromatic carbocycles. The molecule has 18 heavy (non-hydrogen) atoms. The van der Waals surface area contributed by atoms with Gasteiger partial charge in [0.2, 0.25) is 0 Å². The third kappa shape index (κ3) is 2.95. The van der Waals surface area contributed by atoms with Crippen molar-refractivity contribution in [1.82, 2.24) is 15.3 Å². The third-order valence-electron chi connectivity index (χ3n) is 3.75. The van der Waals surface area contributed by atoms with Crippen LogP contribution in [0.15, 0.2) is 22.2 Å². The maximum Gasteiger partial charge on any atom is 0.251 e. The Morgan fingerprint density at radius 3 is 3.00 bits per heavy atom. The van der Waals surface area contributed by atoms with E-state index >= 15 is 0 Å². The van der Waals surface area contributed by atoms with Crippen molar-refractivity contribution in [2.75, 3.05) is 7.05 Å². The number of H-pyrrole nitrogens is 1. The van der Waals surface area contributed by atoms with Crippen LogP contribution in [-0.2, 0) is 0 Å². The van der Waals surface area contributed by atoms with Gasteiger partial charge in [-0.25, -0.2) is 4.98 Å². The Kier molecular flexibility index (Phi) is 4.12. The van der Waals surface area contributed by atoms with Crippen molar-refractivity contribution in [3.63, 3.8) is 0 Å². The van der Waals surface area contributed by atoms with Crippen LogP contribution < -0.4 is 10.9 Å². The van der Waals surface area contributed by atoms with Gasteiger partial charge in [0, 0.05) is 23.6 Å². The number of aromatic nitrogens is 2. The SMILES string of the molecule is CNC1C(Sc2nccc(=O)[nH]2)CCCC1(C)C. The van der Waals surface area contributed by atoms with E-state index in [0.29, 0.717) is 16.7 Å². The number of aromatic amines is 1. The maximum atomic E-state index is 11.3. The molecule has 1 heterocycles. The van der Waals surface area contributed by atoms with Crippen molar-refractivity contribution in [2.45, 2.75) is 49.6 Å². The average Bonchev–Trinajstić information content (AvgIpc) is 2.28. The van der Waals surface area contributed by atoms with E-state index in [1.54, 1.807) is 18.0 Å². The van der Waals surface area contributed by atoms with Crippen LogP contribution >= 0.6 is 11.8 Å². The van der Waals surface area contributed by atoms with Crippen LogP contribution in [0.3, 0.4) is 0 Å². The highest BCUT2D eigenvalue weighted by Gasteiger charge is 2.38. The lowest BCUT2D eigenvalue weighted by atomic mass is 9.73. The van der Waals surface area contributed by atoms with Gasteiger partial charge in [-0.15, -0.1) is 0 Å². The molecule has 2 N–H and O–H groups in total. The van der Waals surface area contributed by atoms with E-state index in [0.717, 1.165) is 11.6 Å². The van der Waals surface area contributed by atoms with E-state index < -0.39 is 0 Å². The second-order valence-electron chi connectivity index (χ2n) is 5.54. The van der Waals surface area contributed by atoms with Gasteiger partial charge in [0.15, 0.2) is 5.16 Å². The van der Waals surface area contributed by atoms with E-state index in [1.807, 2.05) is 7.05 Å². The zero-order valence-electron chi connectivity index (χ0n) is 11.2. The zero-order chi connectivity index (χ0) is 13.2. The molecule has 0 aliphatic heterocycles. The van der Waals surface area contributed by atoms with Crippen molar-refractivity contribution in [3.05, 3.63) is 22.6 Å². The summed E-state index contributed by atoms with van der Waals surface area (Å²) in [6, 6.07) is 1.89. The molecule has 0 radical (unpaired) electrons. The third-order valence-corrected chi connectivity index (χ3v) is 4.99. The summed E-state index contributed by atoms with van der Waals surface area (Å²) in [5, 5.41) is 4.63. The van der Waals surface area contributed by atoms with E-state index in [2.05, 4.69) is 29.1 Å². The molecule has 5 heteroatoms. The molecule has 1 aromatic heterocycles.